The Balaban J connectivity index is 3.30. The normalized spacial score (nSPS) is 10.8. The lowest BCUT2D eigenvalue weighted by Crippen LogP contribution is -2.12. The molecule has 1 rings (SSSR count). The zero-order chi connectivity index (χ0) is 15.2. The zero-order valence-electron chi connectivity index (χ0n) is 13.7. The van der Waals surface area contributed by atoms with Gasteiger partial charge < -0.3 is 0 Å². The standard InChI is InChI=1S/C20H28/c1-7-9-11-16(3)18-13-17(12-10-8-2)14-19(15-18)20(4,5)6/h7,9,13-15H,1,8,10,12H2,2-6H3. The summed E-state index contributed by atoms with van der Waals surface area (Å²) in [6.45, 7) is 14.9. The van der Waals surface area contributed by atoms with Crippen LogP contribution >= 0.6 is 0 Å². The van der Waals surface area contributed by atoms with E-state index in [4.69, 9.17) is 0 Å². The average Bonchev–Trinajstić information content (AvgIpc) is 2.41. The molecule has 0 bridgehead atoms. The molecule has 0 saturated carbocycles. The van der Waals surface area contributed by atoms with E-state index in [1.807, 2.05) is 6.08 Å². The van der Waals surface area contributed by atoms with E-state index in [-0.39, 0.29) is 5.41 Å². The number of unbranched alkanes of at least 4 members (excludes halogenated alkanes) is 1. The van der Waals surface area contributed by atoms with Gasteiger partial charge in [-0.15, -0.1) is 5.73 Å². The molecule has 0 N–H and O–H groups in total. The van der Waals surface area contributed by atoms with Gasteiger partial charge >= 0.3 is 0 Å². The van der Waals surface area contributed by atoms with E-state index in [0.29, 0.717) is 0 Å². The van der Waals surface area contributed by atoms with Gasteiger partial charge in [-0.1, -0.05) is 65.0 Å². The monoisotopic (exact) mass is 268 g/mol. The molecule has 1 aromatic carbocycles. The van der Waals surface area contributed by atoms with Crippen LogP contribution in [-0.2, 0) is 11.8 Å². The summed E-state index contributed by atoms with van der Waals surface area (Å²) in [6.07, 6.45) is 7.30. The van der Waals surface area contributed by atoms with Crippen LogP contribution in [0.3, 0.4) is 0 Å². The fraction of sp³-hybridized carbons (Fsp3) is 0.450. The van der Waals surface area contributed by atoms with Gasteiger partial charge in [0.2, 0.25) is 0 Å². The van der Waals surface area contributed by atoms with Gasteiger partial charge in [-0.2, -0.15) is 0 Å². The van der Waals surface area contributed by atoms with Gasteiger partial charge in [-0.3, -0.25) is 0 Å². The maximum absolute atomic E-state index is 3.71. The summed E-state index contributed by atoms with van der Waals surface area (Å²) in [5, 5.41) is 0. The van der Waals surface area contributed by atoms with Gasteiger partial charge in [0.05, 0.1) is 0 Å². The van der Waals surface area contributed by atoms with E-state index < -0.39 is 0 Å². The highest BCUT2D eigenvalue weighted by atomic mass is 14.2. The van der Waals surface area contributed by atoms with Crippen molar-refractivity contribution in [2.24, 2.45) is 0 Å². The minimum absolute atomic E-state index is 0.180. The molecule has 0 radical (unpaired) electrons. The number of hydrogen-bond donors (Lipinski definition) is 0. The zero-order valence-corrected chi connectivity index (χ0v) is 13.7. The van der Waals surface area contributed by atoms with Crippen molar-refractivity contribution < 1.29 is 0 Å². The minimum atomic E-state index is 0.180. The fourth-order valence-electron chi connectivity index (χ4n) is 2.13. The lowest BCUT2D eigenvalue weighted by molar-refractivity contribution is 0.588. The molecule has 0 amide bonds. The van der Waals surface area contributed by atoms with E-state index >= 15 is 0 Å². The Hall–Kier alpha value is -1.52. The molecular weight excluding hydrogens is 240 g/mol. The maximum Gasteiger partial charge on any atom is -0.00188 e. The van der Waals surface area contributed by atoms with Gasteiger partial charge in [0.1, 0.15) is 0 Å². The highest BCUT2D eigenvalue weighted by Gasteiger charge is 2.15. The second-order valence-corrected chi connectivity index (χ2v) is 6.44. The Morgan fingerprint density at radius 1 is 1.25 bits per heavy atom. The lowest BCUT2D eigenvalue weighted by atomic mass is 9.83. The SMILES string of the molecule is C=CC=C=C(C)c1cc(CCCC)cc(C(C)(C)C)c1. The molecule has 0 aromatic heterocycles. The maximum atomic E-state index is 3.71. The van der Waals surface area contributed by atoms with Crippen LogP contribution in [0.25, 0.3) is 5.57 Å². The summed E-state index contributed by atoms with van der Waals surface area (Å²) < 4.78 is 0. The topological polar surface area (TPSA) is 0 Å². The van der Waals surface area contributed by atoms with Crippen LogP contribution in [0.5, 0.6) is 0 Å². The van der Waals surface area contributed by atoms with E-state index in [9.17, 15) is 0 Å². The summed E-state index contributed by atoms with van der Waals surface area (Å²) in [6, 6.07) is 6.97. The fourth-order valence-corrected chi connectivity index (χ4v) is 2.13. The highest BCUT2D eigenvalue weighted by Crippen LogP contribution is 2.27. The summed E-state index contributed by atoms with van der Waals surface area (Å²) in [5.41, 5.74) is 8.76. The van der Waals surface area contributed by atoms with E-state index in [0.717, 1.165) is 6.42 Å². The Morgan fingerprint density at radius 3 is 2.50 bits per heavy atom. The summed E-state index contributed by atoms with van der Waals surface area (Å²) in [7, 11) is 0. The third-order valence-corrected chi connectivity index (χ3v) is 3.53. The molecular formula is C20H28. The first-order valence-corrected chi connectivity index (χ1v) is 7.57. The largest absolute Gasteiger partial charge is 0.117 e. The summed E-state index contributed by atoms with van der Waals surface area (Å²) in [4.78, 5) is 0. The smallest absolute Gasteiger partial charge is 0.00188 e. The van der Waals surface area contributed by atoms with Crippen molar-refractivity contribution >= 4 is 5.57 Å². The summed E-state index contributed by atoms with van der Waals surface area (Å²) >= 11 is 0. The second-order valence-electron chi connectivity index (χ2n) is 6.44. The van der Waals surface area contributed by atoms with Crippen molar-refractivity contribution in [2.75, 3.05) is 0 Å². The number of allylic oxidation sites excluding steroid dienone is 2. The third kappa shape index (κ3) is 4.87. The molecule has 1 aromatic rings. The first kappa shape index (κ1) is 16.5. The first-order chi connectivity index (χ1) is 9.38. The van der Waals surface area contributed by atoms with Crippen molar-refractivity contribution in [1.82, 2.24) is 0 Å². The van der Waals surface area contributed by atoms with Crippen LogP contribution in [0.2, 0.25) is 0 Å². The quantitative estimate of drug-likeness (QED) is 0.449. The van der Waals surface area contributed by atoms with Gasteiger partial charge in [-0.25, -0.2) is 0 Å². The Bertz CT molecular complexity index is 517. The van der Waals surface area contributed by atoms with Crippen LogP contribution in [0, 0.1) is 0 Å². The second kappa shape index (κ2) is 7.31. The van der Waals surface area contributed by atoms with Crippen LogP contribution < -0.4 is 0 Å². The van der Waals surface area contributed by atoms with Crippen LogP contribution in [0.4, 0.5) is 0 Å². The Kier molecular flexibility index (Phi) is 6.05. The van der Waals surface area contributed by atoms with Crippen molar-refractivity contribution in [3.63, 3.8) is 0 Å². The molecule has 0 aliphatic carbocycles. The number of aryl methyl sites for hydroxylation is 1. The predicted molar refractivity (Wildman–Crippen MR) is 91.1 cm³/mol. The molecule has 0 aliphatic rings. The summed E-state index contributed by atoms with van der Waals surface area (Å²) in [5.74, 6) is 0. The first-order valence-electron chi connectivity index (χ1n) is 7.57. The third-order valence-electron chi connectivity index (χ3n) is 3.53. The van der Waals surface area contributed by atoms with Gasteiger partial charge in [-0.05, 0) is 53.5 Å². The van der Waals surface area contributed by atoms with Crippen molar-refractivity contribution in [2.45, 2.75) is 59.3 Å². The van der Waals surface area contributed by atoms with Crippen LogP contribution in [0.1, 0.15) is 64.2 Å². The molecule has 0 heterocycles. The van der Waals surface area contributed by atoms with E-state index in [2.05, 4.69) is 65.1 Å². The molecule has 0 nitrogen and oxygen atoms in total. The van der Waals surface area contributed by atoms with E-state index in [1.165, 1.54) is 35.1 Å². The molecule has 0 heteroatoms. The minimum Gasteiger partial charge on any atom is -0.117 e. The lowest BCUT2D eigenvalue weighted by Gasteiger charge is -2.21. The molecule has 0 atom stereocenters. The van der Waals surface area contributed by atoms with Crippen molar-refractivity contribution in [3.8, 4) is 0 Å². The van der Waals surface area contributed by atoms with Gasteiger partial charge in [0.25, 0.3) is 0 Å². The Morgan fingerprint density at radius 2 is 1.95 bits per heavy atom. The van der Waals surface area contributed by atoms with Crippen LogP contribution in [-0.4, -0.2) is 0 Å². The van der Waals surface area contributed by atoms with Crippen molar-refractivity contribution in [3.05, 3.63) is 59.4 Å². The molecule has 0 unspecified atom stereocenters. The Labute approximate surface area is 124 Å². The number of benzene rings is 1. The van der Waals surface area contributed by atoms with Gasteiger partial charge in [0.15, 0.2) is 0 Å². The van der Waals surface area contributed by atoms with Crippen molar-refractivity contribution in [1.29, 1.82) is 0 Å². The molecule has 108 valence electrons. The molecule has 0 saturated heterocycles. The van der Waals surface area contributed by atoms with E-state index in [1.54, 1.807) is 6.08 Å². The van der Waals surface area contributed by atoms with Gasteiger partial charge in [0, 0.05) is 0 Å². The molecule has 0 fully saturated rings. The molecule has 20 heavy (non-hydrogen) atoms. The molecule has 0 aliphatic heterocycles. The average molecular weight is 268 g/mol. The highest BCUT2D eigenvalue weighted by molar-refractivity contribution is 5.65. The van der Waals surface area contributed by atoms with Crippen LogP contribution in [0.15, 0.2) is 42.7 Å². The number of hydrogen-bond acceptors (Lipinski definition) is 0. The predicted octanol–water partition coefficient (Wildman–Crippen LogP) is 6.07. The molecule has 0 spiro atoms. The number of rotatable bonds is 5.